The lowest BCUT2D eigenvalue weighted by Crippen LogP contribution is -2.30. The quantitative estimate of drug-likeness (QED) is 0.592. The highest BCUT2D eigenvalue weighted by Crippen LogP contribution is 2.47. The summed E-state index contributed by atoms with van der Waals surface area (Å²) < 4.78 is 11.7. The van der Waals surface area contributed by atoms with Crippen molar-refractivity contribution in [3.8, 4) is 11.1 Å². The number of aromatic nitrogens is 2. The molecule has 4 heterocycles. The average Bonchev–Trinajstić information content (AvgIpc) is 3.34. The molecule has 8 nitrogen and oxygen atoms in total. The van der Waals surface area contributed by atoms with Crippen LogP contribution >= 0.6 is 0 Å². The molecule has 0 atom stereocenters. The Bertz CT molecular complexity index is 1330. The number of amides is 2. The van der Waals surface area contributed by atoms with E-state index in [1.54, 1.807) is 18.0 Å². The van der Waals surface area contributed by atoms with Gasteiger partial charge in [-0.3, -0.25) is 9.59 Å². The number of aromatic amines is 1. The highest BCUT2D eigenvalue weighted by atomic mass is 16.5. The maximum Gasteiger partial charge on any atom is 0.256 e. The molecule has 6 rings (SSSR count). The second-order valence-electron chi connectivity index (χ2n) is 8.97. The van der Waals surface area contributed by atoms with E-state index in [4.69, 9.17) is 9.26 Å². The minimum absolute atomic E-state index is 0.129. The van der Waals surface area contributed by atoms with E-state index in [-0.39, 0.29) is 11.8 Å². The second-order valence-corrected chi connectivity index (χ2v) is 8.97. The summed E-state index contributed by atoms with van der Waals surface area (Å²) >= 11 is 0. The fraction of sp³-hybridized carbons (Fsp3) is 0.320. The van der Waals surface area contributed by atoms with E-state index in [1.165, 1.54) is 0 Å². The molecule has 2 N–H and O–H groups in total. The zero-order chi connectivity index (χ0) is 22.7. The summed E-state index contributed by atoms with van der Waals surface area (Å²) in [7, 11) is 1.75. The molecule has 1 fully saturated rings. The number of aryl methyl sites for hydroxylation is 1. The molecule has 1 aliphatic carbocycles. The largest absolute Gasteiger partial charge is 0.373 e. The maximum atomic E-state index is 13.1. The third-order valence-electron chi connectivity index (χ3n) is 6.49. The maximum absolute atomic E-state index is 13.1. The van der Waals surface area contributed by atoms with E-state index in [9.17, 15) is 9.59 Å². The van der Waals surface area contributed by atoms with E-state index in [1.807, 2.05) is 31.2 Å². The van der Waals surface area contributed by atoms with E-state index in [2.05, 4.69) is 15.5 Å². The van der Waals surface area contributed by atoms with Gasteiger partial charge < -0.3 is 24.5 Å². The van der Waals surface area contributed by atoms with Crippen LogP contribution in [0.4, 0.5) is 5.69 Å². The molecule has 3 aromatic rings. The predicted molar refractivity (Wildman–Crippen MR) is 123 cm³/mol. The van der Waals surface area contributed by atoms with E-state index in [0.717, 1.165) is 52.4 Å². The zero-order valence-corrected chi connectivity index (χ0v) is 18.5. The number of anilines is 1. The molecule has 2 bridgehead atoms. The van der Waals surface area contributed by atoms with Crippen LogP contribution in [0.25, 0.3) is 22.8 Å². The summed E-state index contributed by atoms with van der Waals surface area (Å²) in [4.78, 5) is 30.9. The van der Waals surface area contributed by atoms with Gasteiger partial charge in [0.1, 0.15) is 11.5 Å². The Morgan fingerprint density at radius 1 is 1.15 bits per heavy atom. The van der Waals surface area contributed by atoms with Crippen molar-refractivity contribution >= 4 is 29.2 Å². The summed E-state index contributed by atoms with van der Waals surface area (Å²) in [5.41, 5.74) is 6.70. The van der Waals surface area contributed by atoms with Crippen LogP contribution < -0.4 is 5.32 Å². The highest BCUT2D eigenvalue weighted by Gasteiger charge is 2.34. The van der Waals surface area contributed by atoms with Crippen LogP contribution in [0.2, 0.25) is 0 Å². The van der Waals surface area contributed by atoms with E-state index < -0.39 is 0 Å². The third-order valence-corrected chi connectivity index (χ3v) is 6.49. The topological polar surface area (TPSA) is 100 Å². The lowest BCUT2D eigenvalue weighted by Gasteiger charge is -2.17. The number of rotatable bonds is 1. The van der Waals surface area contributed by atoms with Crippen LogP contribution in [-0.2, 0) is 16.1 Å². The van der Waals surface area contributed by atoms with Crippen molar-refractivity contribution in [2.24, 2.45) is 0 Å². The van der Waals surface area contributed by atoms with E-state index in [0.29, 0.717) is 42.5 Å². The molecule has 168 valence electrons. The number of ether oxygens (including phenoxy) is 1. The molecule has 0 unspecified atom stereocenters. The van der Waals surface area contributed by atoms with Gasteiger partial charge in [-0.1, -0.05) is 11.2 Å². The average molecular weight is 444 g/mol. The summed E-state index contributed by atoms with van der Waals surface area (Å²) in [5, 5.41) is 7.26. The lowest BCUT2D eigenvalue weighted by molar-refractivity contribution is -0.110. The smallest absolute Gasteiger partial charge is 0.256 e. The minimum atomic E-state index is -0.193. The molecule has 33 heavy (non-hydrogen) atoms. The number of hydrogen-bond acceptors (Lipinski definition) is 5. The molecule has 0 radical (unpaired) electrons. The fourth-order valence-corrected chi connectivity index (χ4v) is 4.58. The Labute approximate surface area is 190 Å². The molecule has 2 amide bonds. The Morgan fingerprint density at radius 2 is 2.00 bits per heavy atom. The normalized spacial score (nSPS) is 19.8. The van der Waals surface area contributed by atoms with E-state index >= 15 is 0 Å². The first kappa shape index (κ1) is 20.0. The fourth-order valence-electron chi connectivity index (χ4n) is 4.58. The highest BCUT2D eigenvalue weighted by molar-refractivity contribution is 6.35. The van der Waals surface area contributed by atoms with Gasteiger partial charge in [0.15, 0.2) is 0 Å². The van der Waals surface area contributed by atoms with Gasteiger partial charge in [0.2, 0.25) is 0 Å². The van der Waals surface area contributed by atoms with Gasteiger partial charge in [-0.05, 0) is 49.6 Å². The van der Waals surface area contributed by atoms with Crippen molar-refractivity contribution < 1.29 is 18.8 Å². The number of nitrogens with one attached hydrogen (secondary N) is 2. The summed E-state index contributed by atoms with van der Waals surface area (Å²) in [6.07, 6.45) is 3.94. The number of hydrogen-bond donors (Lipinski definition) is 2. The molecule has 1 saturated carbocycles. The summed E-state index contributed by atoms with van der Waals surface area (Å²) in [5.74, 6) is 0.937. The molecule has 2 aliphatic heterocycles. The van der Waals surface area contributed by atoms with Crippen molar-refractivity contribution in [2.45, 2.75) is 32.3 Å². The summed E-state index contributed by atoms with van der Waals surface area (Å²) in [6, 6.07) is 7.72. The molecule has 3 aliphatic rings. The molecule has 2 aromatic heterocycles. The van der Waals surface area contributed by atoms with Crippen molar-refractivity contribution in [3.05, 3.63) is 58.2 Å². The van der Waals surface area contributed by atoms with Crippen LogP contribution in [0.3, 0.4) is 0 Å². The van der Waals surface area contributed by atoms with Gasteiger partial charge in [-0.15, -0.1) is 0 Å². The third kappa shape index (κ3) is 3.38. The number of benzene rings is 1. The standard InChI is InChI=1S/C25H24N4O4/c1-13-9-18-20(26-13)11-17-16-10-15(5-6-19(16)27-24(17)30)22-21(28-33-23(22)14-3-4-14)12-32-8-7-29(2)25(18)31/h5-6,9-11,14,26H,3-4,7-8,12H2,1-2H3,(H,27,30)/b17-11-. The first-order valence-electron chi connectivity index (χ1n) is 11.2. The van der Waals surface area contributed by atoms with Gasteiger partial charge in [0.05, 0.1) is 35.6 Å². The van der Waals surface area contributed by atoms with Gasteiger partial charge in [-0.2, -0.15) is 0 Å². The first-order valence-corrected chi connectivity index (χ1v) is 11.2. The van der Waals surface area contributed by atoms with Crippen LogP contribution in [0.5, 0.6) is 0 Å². The van der Waals surface area contributed by atoms with Crippen molar-refractivity contribution in [1.29, 1.82) is 0 Å². The number of carbonyl (C=O) groups excluding carboxylic acids is 2. The van der Waals surface area contributed by atoms with Gasteiger partial charge >= 0.3 is 0 Å². The Morgan fingerprint density at radius 3 is 2.82 bits per heavy atom. The van der Waals surface area contributed by atoms with Crippen molar-refractivity contribution in [1.82, 2.24) is 15.0 Å². The lowest BCUT2D eigenvalue weighted by atomic mass is 9.96. The molecule has 8 heteroatoms. The van der Waals surface area contributed by atoms with Crippen molar-refractivity contribution in [2.75, 3.05) is 25.5 Å². The molecule has 0 saturated heterocycles. The second kappa shape index (κ2) is 7.45. The minimum Gasteiger partial charge on any atom is -0.373 e. The number of fused-ring (bicyclic) bond motifs is 4. The van der Waals surface area contributed by atoms with Crippen LogP contribution in [0.1, 0.15) is 57.5 Å². The number of nitrogens with zero attached hydrogens (tertiary/aromatic N) is 2. The first-order chi connectivity index (χ1) is 16.0. The Balaban J connectivity index is 1.54. The number of H-pyrrole nitrogens is 1. The van der Waals surface area contributed by atoms with Crippen LogP contribution in [0, 0.1) is 6.92 Å². The molecule has 1 aromatic carbocycles. The molecular formula is C25H24N4O4. The van der Waals surface area contributed by atoms with Gasteiger partial charge in [0, 0.05) is 36.5 Å². The Hall–Kier alpha value is -3.65. The Kier molecular flexibility index (Phi) is 4.51. The number of likely N-dealkylation sites (N-methyl/N-ethyl adjacent to an activating group) is 1. The van der Waals surface area contributed by atoms with Crippen LogP contribution in [0.15, 0.2) is 28.8 Å². The van der Waals surface area contributed by atoms with Crippen molar-refractivity contribution in [3.63, 3.8) is 0 Å². The molecular weight excluding hydrogens is 420 g/mol. The molecule has 0 spiro atoms. The zero-order valence-electron chi connectivity index (χ0n) is 18.5. The summed E-state index contributed by atoms with van der Waals surface area (Å²) in [6.45, 7) is 2.99. The predicted octanol–water partition coefficient (Wildman–Crippen LogP) is 3.95. The van der Waals surface area contributed by atoms with Gasteiger partial charge in [0.25, 0.3) is 11.8 Å². The number of carbonyl (C=O) groups is 2. The SMILES string of the molecule is Cc1cc2c([nH]1)/C=C1\C(=O)Nc3ccc(cc31)-c1c(noc1C1CC1)COCCN(C)C2=O. The van der Waals surface area contributed by atoms with Crippen LogP contribution in [-0.4, -0.2) is 47.1 Å². The monoisotopic (exact) mass is 444 g/mol. The van der Waals surface area contributed by atoms with Gasteiger partial charge in [-0.25, -0.2) is 0 Å².